The molecule has 0 amide bonds. The third-order valence-corrected chi connectivity index (χ3v) is 3.28. The van der Waals surface area contributed by atoms with Crippen molar-refractivity contribution in [1.82, 2.24) is 9.97 Å². The fourth-order valence-corrected chi connectivity index (χ4v) is 2.06. The van der Waals surface area contributed by atoms with E-state index in [1.54, 1.807) is 7.11 Å². The molecule has 0 saturated heterocycles. The highest BCUT2D eigenvalue weighted by Gasteiger charge is 2.41. The zero-order valence-corrected chi connectivity index (χ0v) is 9.84. The molecule has 3 nitrogen and oxygen atoms in total. The Bertz CT molecular complexity index is 358. The molecule has 1 aliphatic rings. The molecule has 1 aromatic rings. The van der Waals surface area contributed by atoms with E-state index in [0.717, 1.165) is 30.1 Å². The van der Waals surface area contributed by atoms with Crippen molar-refractivity contribution in [2.45, 2.75) is 37.7 Å². The molecule has 0 N–H and O–H groups in total. The minimum absolute atomic E-state index is 0.243. The van der Waals surface area contributed by atoms with Gasteiger partial charge in [-0.05, 0) is 32.3 Å². The Hall–Kier alpha value is -0.670. The number of nitrogens with zero attached hydrogens (tertiary/aromatic N) is 2. The van der Waals surface area contributed by atoms with E-state index in [1.807, 2.05) is 13.0 Å². The van der Waals surface area contributed by atoms with Crippen molar-refractivity contribution in [2.75, 3.05) is 7.11 Å². The smallest absolute Gasteiger partial charge is 0.160 e. The number of hydrogen-bond acceptors (Lipinski definition) is 3. The van der Waals surface area contributed by atoms with E-state index in [1.165, 1.54) is 6.42 Å². The molecule has 1 fully saturated rings. The van der Waals surface area contributed by atoms with E-state index in [-0.39, 0.29) is 5.60 Å². The van der Waals surface area contributed by atoms with Crippen molar-refractivity contribution in [2.24, 2.45) is 0 Å². The highest BCUT2D eigenvalue weighted by atomic mass is 35.5. The van der Waals surface area contributed by atoms with Crippen molar-refractivity contribution in [3.8, 4) is 0 Å². The third kappa shape index (κ3) is 1.86. The van der Waals surface area contributed by atoms with Gasteiger partial charge in [0, 0.05) is 12.8 Å². The first-order valence-corrected chi connectivity index (χ1v) is 5.70. The zero-order valence-electron chi connectivity index (χ0n) is 9.09. The molecule has 0 bridgehead atoms. The molecule has 0 spiro atoms. The summed E-state index contributed by atoms with van der Waals surface area (Å²) in [5, 5.41) is 0. The van der Waals surface area contributed by atoms with Crippen molar-refractivity contribution in [1.29, 1.82) is 0 Å². The maximum Gasteiger partial charge on any atom is 0.160 e. The third-order valence-electron chi connectivity index (χ3n) is 3.00. The predicted molar refractivity (Wildman–Crippen MR) is 58.9 cm³/mol. The summed E-state index contributed by atoms with van der Waals surface area (Å²) in [6.45, 7) is 1.96. The average molecular weight is 227 g/mol. The first-order valence-electron chi connectivity index (χ1n) is 5.16. The van der Waals surface area contributed by atoms with Crippen LogP contribution >= 0.6 is 11.6 Å². The molecular formula is C11H15ClN2O. The van der Waals surface area contributed by atoms with Crippen molar-refractivity contribution in [3.05, 3.63) is 23.3 Å². The Morgan fingerprint density at radius 3 is 2.67 bits per heavy atom. The van der Waals surface area contributed by atoms with Crippen LogP contribution in [0.4, 0.5) is 0 Å². The van der Waals surface area contributed by atoms with Gasteiger partial charge in [-0.25, -0.2) is 9.97 Å². The van der Waals surface area contributed by atoms with E-state index < -0.39 is 0 Å². The number of aryl methyl sites for hydroxylation is 1. The van der Waals surface area contributed by atoms with Gasteiger partial charge >= 0.3 is 0 Å². The maximum absolute atomic E-state index is 5.79. The van der Waals surface area contributed by atoms with E-state index in [9.17, 15) is 0 Å². The summed E-state index contributed by atoms with van der Waals surface area (Å²) in [6, 6.07) is 1.92. The minimum atomic E-state index is -0.243. The standard InChI is InChI=1S/C11H15ClN2O/c1-8-6-9(7-12)14-10(13-8)11(15-2)4-3-5-11/h6H,3-5,7H2,1-2H3. The van der Waals surface area contributed by atoms with Gasteiger partial charge in [-0.1, -0.05) is 0 Å². The summed E-state index contributed by atoms with van der Waals surface area (Å²) in [5.41, 5.74) is 1.59. The number of hydrogen-bond donors (Lipinski definition) is 0. The van der Waals surface area contributed by atoms with Crippen LogP contribution in [-0.2, 0) is 16.2 Å². The average Bonchev–Trinajstić information content (AvgIpc) is 2.16. The number of halogens is 1. The summed E-state index contributed by atoms with van der Waals surface area (Å²) in [7, 11) is 1.73. The largest absolute Gasteiger partial charge is 0.370 e. The summed E-state index contributed by atoms with van der Waals surface area (Å²) in [6.07, 6.45) is 3.20. The molecule has 82 valence electrons. The molecule has 0 aliphatic heterocycles. The minimum Gasteiger partial charge on any atom is -0.370 e. The van der Waals surface area contributed by atoms with E-state index >= 15 is 0 Å². The maximum atomic E-state index is 5.79. The number of ether oxygens (including phenoxy) is 1. The van der Waals surface area contributed by atoms with Crippen LogP contribution < -0.4 is 0 Å². The second-order valence-corrected chi connectivity index (χ2v) is 4.28. The molecule has 1 heterocycles. The Balaban J connectivity index is 2.38. The second-order valence-electron chi connectivity index (χ2n) is 4.01. The van der Waals surface area contributed by atoms with Gasteiger partial charge in [0.15, 0.2) is 5.82 Å². The Kier molecular flexibility index (Phi) is 2.94. The highest BCUT2D eigenvalue weighted by molar-refractivity contribution is 6.16. The van der Waals surface area contributed by atoms with Crippen LogP contribution in [-0.4, -0.2) is 17.1 Å². The molecule has 0 aromatic carbocycles. The summed E-state index contributed by atoms with van der Waals surface area (Å²) >= 11 is 5.79. The molecule has 4 heteroatoms. The molecule has 0 atom stereocenters. The number of rotatable bonds is 3. The van der Waals surface area contributed by atoms with Crippen LogP contribution in [0.1, 0.15) is 36.5 Å². The second kappa shape index (κ2) is 4.06. The fourth-order valence-electron chi connectivity index (χ4n) is 1.92. The van der Waals surface area contributed by atoms with E-state index in [0.29, 0.717) is 5.88 Å². The van der Waals surface area contributed by atoms with Crippen molar-refractivity contribution < 1.29 is 4.74 Å². The summed E-state index contributed by atoms with van der Waals surface area (Å²) in [4.78, 5) is 8.90. The Morgan fingerprint density at radius 2 is 2.20 bits per heavy atom. The fraction of sp³-hybridized carbons (Fsp3) is 0.636. The van der Waals surface area contributed by atoms with Gasteiger partial charge in [0.25, 0.3) is 0 Å². The van der Waals surface area contributed by atoms with E-state index in [4.69, 9.17) is 16.3 Å². The molecule has 1 aromatic heterocycles. The van der Waals surface area contributed by atoms with Gasteiger partial charge in [0.05, 0.1) is 11.6 Å². The normalized spacial score (nSPS) is 18.6. The van der Waals surface area contributed by atoms with Crippen LogP contribution in [0.15, 0.2) is 6.07 Å². The molecular weight excluding hydrogens is 212 g/mol. The lowest BCUT2D eigenvalue weighted by molar-refractivity contribution is -0.0848. The number of alkyl halides is 1. The lowest BCUT2D eigenvalue weighted by Crippen LogP contribution is -2.38. The molecule has 1 saturated carbocycles. The quantitative estimate of drug-likeness (QED) is 0.743. The van der Waals surface area contributed by atoms with Crippen LogP contribution in [0.5, 0.6) is 0 Å². The molecule has 0 radical (unpaired) electrons. The molecule has 0 unspecified atom stereocenters. The van der Waals surface area contributed by atoms with Crippen molar-refractivity contribution in [3.63, 3.8) is 0 Å². The lowest BCUT2D eigenvalue weighted by atomic mass is 9.79. The zero-order chi connectivity index (χ0) is 10.9. The van der Waals surface area contributed by atoms with E-state index in [2.05, 4.69) is 9.97 Å². The van der Waals surface area contributed by atoms with Gasteiger partial charge in [0.1, 0.15) is 5.60 Å². The first-order chi connectivity index (χ1) is 7.20. The summed E-state index contributed by atoms with van der Waals surface area (Å²) in [5.74, 6) is 1.22. The van der Waals surface area contributed by atoms with Crippen LogP contribution in [0.25, 0.3) is 0 Å². The SMILES string of the molecule is COC1(c2nc(C)cc(CCl)n2)CCC1. The van der Waals surface area contributed by atoms with Crippen LogP contribution in [0.3, 0.4) is 0 Å². The molecule has 2 rings (SSSR count). The molecule has 15 heavy (non-hydrogen) atoms. The van der Waals surface area contributed by atoms with Crippen LogP contribution in [0, 0.1) is 6.92 Å². The Morgan fingerprint density at radius 1 is 1.47 bits per heavy atom. The van der Waals surface area contributed by atoms with Crippen LogP contribution in [0.2, 0.25) is 0 Å². The Labute approximate surface area is 94.8 Å². The van der Waals surface area contributed by atoms with Gasteiger partial charge in [-0.3, -0.25) is 0 Å². The van der Waals surface area contributed by atoms with Crippen molar-refractivity contribution >= 4 is 11.6 Å². The predicted octanol–water partition coefficient (Wildman–Crippen LogP) is 2.55. The number of methoxy groups -OCH3 is 1. The topological polar surface area (TPSA) is 35.0 Å². The van der Waals surface area contributed by atoms with Gasteiger partial charge in [0.2, 0.25) is 0 Å². The number of aromatic nitrogens is 2. The monoisotopic (exact) mass is 226 g/mol. The van der Waals surface area contributed by atoms with Gasteiger partial charge in [-0.2, -0.15) is 0 Å². The first kappa shape index (κ1) is 10.8. The highest BCUT2D eigenvalue weighted by Crippen LogP contribution is 2.42. The summed E-state index contributed by atoms with van der Waals surface area (Å²) < 4.78 is 5.55. The molecule has 1 aliphatic carbocycles. The lowest BCUT2D eigenvalue weighted by Gasteiger charge is -2.39. The van der Waals surface area contributed by atoms with Gasteiger partial charge in [-0.15, -0.1) is 11.6 Å². The van der Waals surface area contributed by atoms with Gasteiger partial charge < -0.3 is 4.74 Å².